The van der Waals surface area contributed by atoms with Gasteiger partial charge in [0.2, 0.25) is 0 Å². The average Bonchev–Trinajstić information content (AvgIpc) is 2.34. The largest absolute Gasteiger partial charge is 0.497 e. The molecule has 0 spiro atoms. The third-order valence-electron chi connectivity index (χ3n) is 2.36. The maximum atomic E-state index is 5.30. The van der Waals surface area contributed by atoms with Crippen LogP contribution in [0.15, 0.2) is 18.2 Å². The summed E-state index contributed by atoms with van der Waals surface area (Å²) < 4.78 is 10.5. The van der Waals surface area contributed by atoms with Gasteiger partial charge in [0.1, 0.15) is 11.5 Å². The summed E-state index contributed by atoms with van der Waals surface area (Å²) in [5.74, 6) is 1.77. The Morgan fingerprint density at radius 1 is 1.19 bits per heavy atom. The third-order valence-corrected chi connectivity index (χ3v) is 2.36. The van der Waals surface area contributed by atoms with Gasteiger partial charge in [0.15, 0.2) is 0 Å². The van der Waals surface area contributed by atoms with Gasteiger partial charge in [0.05, 0.1) is 14.2 Å². The summed E-state index contributed by atoms with van der Waals surface area (Å²) in [7, 11) is 5.27. The molecule has 4 nitrogen and oxygen atoms in total. The van der Waals surface area contributed by atoms with Crippen molar-refractivity contribution in [1.82, 2.24) is 10.6 Å². The van der Waals surface area contributed by atoms with Crippen molar-refractivity contribution in [2.45, 2.75) is 6.42 Å². The van der Waals surface area contributed by atoms with Crippen molar-refractivity contribution in [1.29, 1.82) is 0 Å². The highest BCUT2D eigenvalue weighted by Crippen LogP contribution is 2.23. The fraction of sp³-hybridized carbons (Fsp3) is 0.500. The Bertz CT molecular complexity index is 316. The molecule has 1 aromatic carbocycles. The van der Waals surface area contributed by atoms with Crippen molar-refractivity contribution in [3.8, 4) is 11.5 Å². The van der Waals surface area contributed by atoms with E-state index < -0.39 is 0 Å². The van der Waals surface area contributed by atoms with Crippen molar-refractivity contribution >= 4 is 0 Å². The molecule has 0 unspecified atom stereocenters. The van der Waals surface area contributed by atoms with E-state index in [0.717, 1.165) is 36.7 Å². The van der Waals surface area contributed by atoms with Gasteiger partial charge in [-0.05, 0) is 37.2 Å². The summed E-state index contributed by atoms with van der Waals surface area (Å²) >= 11 is 0. The normalized spacial score (nSPS) is 10.2. The number of hydrogen-bond donors (Lipinski definition) is 2. The maximum Gasteiger partial charge on any atom is 0.122 e. The molecule has 1 rings (SSSR count). The van der Waals surface area contributed by atoms with Gasteiger partial charge in [-0.15, -0.1) is 0 Å². The van der Waals surface area contributed by atoms with Gasteiger partial charge in [-0.3, -0.25) is 0 Å². The monoisotopic (exact) mass is 224 g/mol. The van der Waals surface area contributed by atoms with E-state index in [-0.39, 0.29) is 0 Å². The number of methoxy groups -OCH3 is 2. The van der Waals surface area contributed by atoms with E-state index in [1.165, 1.54) is 0 Å². The van der Waals surface area contributed by atoms with Gasteiger partial charge in [-0.2, -0.15) is 0 Å². The number of benzene rings is 1. The second-order valence-electron chi connectivity index (χ2n) is 3.46. The summed E-state index contributed by atoms with van der Waals surface area (Å²) in [5, 5.41) is 6.30. The van der Waals surface area contributed by atoms with Crippen LogP contribution in [0.2, 0.25) is 0 Å². The standard InChI is InChI=1S/C12H20N2O2/c1-13-9-14-7-6-10-8-11(15-2)4-5-12(10)16-3/h4-5,8,13-14H,6-7,9H2,1-3H3. The minimum Gasteiger partial charge on any atom is -0.497 e. The third kappa shape index (κ3) is 3.72. The Balaban J connectivity index is 2.60. The van der Waals surface area contributed by atoms with Gasteiger partial charge >= 0.3 is 0 Å². The van der Waals surface area contributed by atoms with Crippen LogP contribution in [0.4, 0.5) is 0 Å². The topological polar surface area (TPSA) is 42.5 Å². The predicted octanol–water partition coefficient (Wildman–Crippen LogP) is 1.01. The van der Waals surface area contributed by atoms with Crippen LogP contribution in [0.3, 0.4) is 0 Å². The summed E-state index contributed by atoms with van der Waals surface area (Å²) in [5.41, 5.74) is 1.16. The molecule has 0 bridgehead atoms. The number of rotatable bonds is 7. The van der Waals surface area contributed by atoms with E-state index in [1.807, 2.05) is 25.2 Å². The second-order valence-corrected chi connectivity index (χ2v) is 3.46. The van der Waals surface area contributed by atoms with Crippen LogP contribution in [0, 0.1) is 0 Å². The number of hydrogen-bond acceptors (Lipinski definition) is 4. The molecule has 0 radical (unpaired) electrons. The second kappa shape index (κ2) is 7.09. The van der Waals surface area contributed by atoms with E-state index in [9.17, 15) is 0 Å². The quantitative estimate of drug-likeness (QED) is 0.536. The Kier molecular flexibility index (Phi) is 5.67. The van der Waals surface area contributed by atoms with Crippen LogP contribution < -0.4 is 20.1 Å². The molecular formula is C12H20N2O2. The van der Waals surface area contributed by atoms with Crippen LogP contribution in [0.5, 0.6) is 11.5 Å². The van der Waals surface area contributed by atoms with Crippen molar-refractivity contribution in [3.63, 3.8) is 0 Å². The lowest BCUT2D eigenvalue weighted by atomic mass is 10.1. The SMILES string of the molecule is CNCNCCc1cc(OC)ccc1OC. The van der Waals surface area contributed by atoms with Crippen LogP contribution >= 0.6 is 0 Å². The van der Waals surface area contributed by atoms with Gasteiger partial charge in [-0.25, -0.2) is 0 Å². The van der Waals surface area contributed by atoms with E-state index in [1.54, 1.807) is 14.2 Å². The number of nitrogens with one attached hydrogen (secondary N) is 2. The Labute approximate surface area is 96.9 Å². The number of ether oxygens (including phenoxy) is 2. The highest BCUT2D eigenvalue weighted by atomic mass is 16.5. The van der Waals surface area contributed by atoms with Gasteiger partial charge in [-0.1, -0.05) is 0 Å². The lowest BCUT2D eigenvalue weighted by molar-refractivity contribution is 0.398. The Hall–Kier alpha value is -1.26. The lowest BCUT2D eigenvalue weighted by Gasteiger charge is -2.10. The molecule has 90 valence electrons. The van der Waals surface area contributed by atoms with Crippen LogP contribution in [-0.2, 0) is 6.42 Å². The summed E-state index contributed by atoms with van der Waals surface area (Å²) in [6.07, 6.45) is 0.919. The smallest absolute Gasteiger partial charge is 0.122 e. The zero-order valence-electron chi connectivity index (χ0n) is 10.2. The minimum absolute atomic E-state index is 0.812. The zero-order valence-corrected chi connectivity index (χ0v) is 10.2. The molecule has 2 N–H and O–H groups in total. The van der Waals surface area contributed by atoms with E-state index in [0.29, 0.717) is 0 Å². The average molecular weight is 224 g/mol. The summed E-state index contributed by atoms with van der Waals surface area (Å²) in [6, 6.07) is 5.86. The highest BCUT2D eigenvalue weighted by Gasteiger charge is 2.04. The molecule has 0 saturated carbocycles. The predicted molar refractivity (Wildman–Crippen MR) is 65.2 cm³/mol. The maximum absolute atomic E-state index is 5.30. The van der Waals surface area contributed by atoms with Gasteiger partial charge in [0, 0.05) is 13.2 Å². The summed E-state index contributed by atoms with van der Waals surface area (Å²) in [6.45, 7) is 1.72. The molecule has 0 aliphatic carbocycles. The Morgan fingerprint density at radius 3 is 2.62 bits per heavy atom. The first-order chi connectivity index (χ1) is 7.81. The Morgan fingerprint density at radius 2 is 2.00 bits per heavy atom. The molecule has 0 saturated heterocycles. The van der Waals surface area contributed by atoms with Crippen molar-refractivity contribution in [2.75, 3.05) is 34.5 Å². The molecule has 0 atom stereocenters. The molecule has 4 heteroatoms. The molecule has 0 aliphatic rings. The zero-order chi connectivity index (χ0) is 11.8. The fourth-order valence-corrected chi connectivity index (χ4v) is 1.51. The van der Waals surface area contributed by atoms with Gasteiger partial charge in [0.25, 0.3) is 0 Å². The molecule has 0 aromatic heterocycles. The van der Waals surface area contributed by atoms with Crippen molar-refractivity contribution in [3.05, 3.63) is 23.8 Å². The van der Waals surface area contributed by atoms with Crippen LogP contribution in [0.25, 0.3) is 0 Å². The molecule has 16 heavy (non-hydrogen) atoms. The molecule has 0 fully saturated rings. The molecule has 0 heterocycles. The first-order valence-electron chi connectivity index (χ1n) is 5.38. The fourth-order valence-electron chi connectivity index (χ4n) is 1.51. The van der Waals surface area contributed by atoms with Crippen LogP contribution in [0.1, 0.15) is 5.56 Å². The van der Waals surface area contributed by atoms with Crippen LogP contribution in [-0.4, -0.2) is 34.5 Å². The van der Waals surface area contributed by atoms with E-state index >= 15 is 0 Å². The highest BCUT2D eigenvalue weighted by molar-refractivity contribution is 5.40. The molecule has 0 amide bonds. The molecule has 1 aromatic rings. The first kappa shape index (κ1) is 12.8. The van der Waals surface area contributed by atoms with Crippen molar-refractivity contribution < 1.29 is 9.47 Å². The first-order valence-corrected chi connectivity index (χ1v) is 5.38. The van der Waals surface area contributed by atoms with E-state index in [4.69, 9.17) is 9.47 Å². The molecule has 0 aliphatic heterocycles. The summed E-state index contributed by atoms with van der Waals surface area (Å²) in [4.78, 5) is 0. The van der Waals surface area contributed by atoms with E-state index in [2.05, 4.69) is 10.6 Å². The molecular weight excluding hydrogens is 204 g/mol. The van der Waals surface area contributed by atoms with Crippen molar-refractivity contribution in [2.24, 2.45) is 0 Å². The lowest BCUT2D eigenvalue weighted by Crippen LogP contribution is -2.27. The van der Waals surface area contributed by atoms with Gasteiger partial charge < -0.3 is 20.1 Å². The minimum atomic E-state index is 0.812.